The molecule has 0 radical (unpaired) electrons. The third-order valence-corrected chi connectivity index (χ3v) is 3.39. The van der Waals surface area contributed by atoms with Crippen LogP contribution in [-0.2, 0) is 22.7 Å². The van der Waals surface area contributed by atoms with Crippen LogP contribution in [-0.4, -0.2) is 32.2 Å². The third kappa shape index (κ3) is 4.19. The van der Waals surface area contributed by atoms with Gasteiger partial charge >= 0.3 is 11.7 Å². The lowest BCUT2D eigenvalue weighted by Gasteiger charge is -2.12. The average molecular weight is 331 g/mol. The van der Waals surface area contributed by atoms with Crippen LogP contribution in [0.2, 0.25) is 0 Å². The molecule has 24 heavy (non-hydrogen) atoms. The lowest BCUT2D eigenvalue weighted by molar-refractivity contribution is -0.141. The Morgan fingerprint density at radius 2 is 1.83 bits per heavy atom. The zero-order chi connectivity index (χ0) is 17.7. The van der Waals surface area contributed by atoms with Crippen molar-refractivity contribution in [1.82, 2.24) is 14.5 Å². The first-order valence-corrected chi connectivity index (χ1v) is 7.25. The fourth-order valence-corrected chi connectivity index (χ4v) is 2.10. The van der Waals surface area contributed by atoms with Crippen molar-refractivity contribution >= 4 is 11.9 Å². The van der Waals surface area contributed by atoms with Crippen LogP contribution in [0.3, 0.4) is 0 Å². The number of hydrogen-bond donors (Lipinski definition) is 2. The molecule has 0 saturated carbocycles. The highest BCUT2D eigenvalue weighted by Crippen LogP contribution is 1.99. The molecule has 8 heteroatoms. The first-order valence-electron chi connectivity index (χ1n) is 7.25. The summed E-state index contributed by atoms with van der Waals surface area (Å²) in [6, 6.07) is 9.27. The van der Waals surface area contributed by atoms with Gasteiger partial charge in [0.05, 0.1) is 6.54 Å². The van der Waals surface area contributed by atoms with Crippen LogP contribution >= 0.6 is 0 Å². The molecule has 0 aliphatic heterocycles. The summed E-state index contributed by atoms with van der Waals surface area (Å²) in [7, 11) is 0. The summed E-state index contributed by atoms with van der Waals surface area (Å²) in [5, 5.41) is 11.0. The molecule has 0 spiro atoms. The second-order valence-electron chi connectivity index (χ2n) is 5.26. The van der Waals surface area contributed by atoms with Crippen molar-refractivity contribution in [2.45, 2.75) is 26.1 Å². The quantitative estimate of drug-likeness (QED) is 0.751. The summed E-state index contributed by atoms with van der Waals surface area (Å²) in [6.45, 7) is 1.01. The van der Waals surface area contributed by atoms with Crippen LogP contribution in [0.15, 0.2) is 52.2 Å². The number of amides is 1. The second kappa shape index (κ2) is 7.40. The first-order chi connectivity index (χ1) is 11.4. The number of nitrogens with zero attached hydrogens (tertiary/aromatic N) is 2. The molecule has 0 fully saturated rings. The summed E-state index contributed by atoms with van der Waals surface area (Å²) in [5.41, 5.74) is -0.388. The predicted octanol–water partition coefficient (Wildman–Crippen LogP) is -0.352. The van der Waals surface area contributed by atoms with Gasteiger partial charge in [0.25, 0.3) is 5.56 Å². The van der Waals surface area contributed by atoms with E-state index < -0.39 is 35.7 Å². The third-order valence-electron chi connectivity index (χ3n) is 3.39. The summed E-state index contributed by atoms with van der Waals surface area (Å²) in [6.07, 6.45) is 1.37. The highest BCUT2D eigenvalue weighted by Gasteiger charge is 2.16. The summed E-state index contributed by atoms with van der Waals surface area (Å²) >= 11 is 0. The predicted molar refractivity (Wildman–Crippen MR) is 85.7 cm³/mol. The van der Waals surface area contributed by atoms with E-state index in [2.05, 4.69) is 5.32 Å². The van der Waals surface area contributed by atoms with E-state index in [-0.39, 0.29) is 6.54 Å². The Labute approximate surface area is 137 Å². The molecule has 0 saturated heterocycles. The minimum absolute atomic E-state index is 0.257. The molecule has 1 aromatic heterocycles. The van der Waals surface area contributed by atoms with E-state index in [9.17, 15) is 19.2 Å². The Balaban J connectivity index is 2.23. The maximum atomic E-state index is 12.4. The lowest BCUT2D eigenvalue weighted by Crippen LogP contribution is -2.46. The fraction of sp³-hybridized carbons (Fsp3) is 0.250. The molecule has 8 nitrogen and oxygen atoms in total. The number of benzene rings is 1. The first kappa shape index (κ1) is 17.2. The normalized spacial score (nSPS) is 11.7. The number of rotatable bonds is 6. The Bertz CT molecular complexity index is 854. The Kier molecular flexibility index (Phi) is 5.31. The Morgan fingerprint density at radius 3 is 2.46 bits per heavy atom. The van der Waals surface area contributed by atoms with Crippen molar-refractivity contribution in [2.24, 2.45) is 0 Å². The topological polar surface area (TPSA) is 110 Å². The van der Waals surface area contributed by atoms with Crippen LogP contribution in [0, 0.1) is 0 Å². The van der Waals surface area contributed by atoms with Crippen molar-refractivity contribution in [1.29, 1.82) is 0 Å². The molecule has 0 aliphatic rings. The molecule has 1 aromatic carbocycles. The van der Waals surface area contributed by atoms with Crippen LogP contribution in [0.5, 0.6) is 0 Å². The van der Waals surface area contributed by atoms with E-state index in [0.717, 1.165) is 10.1 Å². The van der Waals surface area contributed by atoms with Gasteiger partial charge in [-0.05, 0) is 12.5 Å². The molecule has 2 N–H and O–H groups in total. The van der Waals surface area contributed by atoms with Gasteiger partial charge in [-0.3, -0.25) is 23.5 Å². The maximum Gasteiger partial charge on any atom is 0.331 e. The highest BCUT2D eigenvalue weighted by atomic mass is 16.4. The SMILES string of the molecule is C[C@H](NC(=O)Cn1c(=O)ccn(Cc2ccccc2)c1=O)C(=O)O. The van der Waals surface area contributed by atoms with E-state index in [1.807, 2.05) is 30.3 Å². The highest BCUT2D eigenvalue weighted by molar-refractivity contribution is 5.83. The van der Waals surface area contributed by atoms with Crippen molar-refractivity contribution in [3.05, 3.63) is 69.0 Å². The molecule has 0 bridgehead atoms. The summed E-state index contributed by atoms with van der Waals surface area (Å²) in [4.78, 5) is 46.8. The van der Waals surface area contributed by atoms with Crippen LogP contribution < -0.4 is 16.6 Å². The standard InChI is InChI=1S/C16H17N3O5/c1-11(15(22)23)17-13(20)10-19-14(21)7-8-18(16(19)24)9-12-5-3-2-4-6-12/h2-8,11H,9-10H2,1H3,(H,17,20)(H,22,23)/t11-/m0/s1. The largest absolute Gasteiger partial charge is 0.480 e. The van der Waals surface area contributed by atoms with Crippen LogP contribution in [0.25, 0.3) is 0 Å². The van der Waals surface area contributed by atoms with Gasteiger partial charge in [-0.1, -0.05) is 30.3 Å². The molecule has 1 heterocycles. The molecule has 1 atom stereocenters. The Morgan fingerprint density at radius 1 is 1.17 bits per heavy atom. The summed E-state index contributed by atoms with van der Waals surface area (Å²) in [5.74, 6) is -1.92. The maximum absolute atomic E-state index is 12.4. The van der Waals surface area contributed by atoms with E-state index in [4.69, 9.17) is 5.11 Å². The molecule has 1 amide bonds. The molecule has 0 unspecified atom stereocenters. The molecule has 126 valence electrons. The number of hydrogen-bond acceptors (Lipinski definition) is 4. The van der Waals surface area contributed by atoms with Crippen molar-refractivity contribution in [3.63, 3.8) is 0 Å². The van der Waals surface area contributed by atoms with Gasteiger partial charge in [-0.15, -0.1) is 0 Å². The van der Waals surface area contributed by atoms with Crippen LogP contribution in [0.4, 0.5) is 0 Å². The molecular formula is C16H17N3O5. The molecule has 2 rings (SSSR count). The number of aromatic nitrogens is 2. The zero-order valence-electron chi connectivity index (χ0n) is 13.0. The van der Waals surface area contributed by atoms with Gasteiger partial charge in [-0.25, -0.2) is 4.79 Å². The summed E-state index contributed by atoms with van der Waals surface area (Å²) < 4.78 is 2.08. The number of carboxylic acid groups (broad SMARTS) is 1. The second-order valence-corrected chi connectivity index (χ2v) is 5.26. The van der Waals surface area contributed by atoms with Gasteiger partial charge in [0.15, 0.2) is 0 Å². The van der Waals surface area contributed by atoms with Crippen molar-refractivity contribution in [2.75, 3.05) is 0 Å². The fourth-order valence-electron chi connectivity index (χ4n) is 2.10. The van der Waals surface area contributed by atoms with E-state index in [1.165, 1.54) is 23.8 Å². The monoisotopic (exact) mass is 331 g/mol. The van der Waals surface area contributed by atoms with Gasteiger partial charge in [0.1, 0.15) is 12.6 Å². The molecule has 0 aliphatic carbocycles. The van der Waals surface area contributed by atoms with E-state index in [0.29, 0.717) is 0 Å². The van der Waals surface area contributed by atoms with Crippen LogP contribution in [0.1, 0.15) is 12.5 Å². The number of nitrogens with one attached hydrogen (secondary N) is 1. The van der Waals surface area contributed by atoms with Crippen molar-refractivity contribution < 1.29 is 14.7 Å². The molecular weight excluding hydrogens is 314 g/mol. The van der Waals surface area contributed by atoms with Gasteiger partial charge in [0.2, 0.25) is 5.91 Å². The number of aliphatic carboxylic acids is 1. The Hall–Kier alpha value is -3.16. The molecule has 2 aromatic rings. The number of carbonyl (C=O) groups is 2. The smallest absolute Gasteiger partial charge is 0.331 e. The number of carboxylic acids is 1. The van der Waals surface area contributed by atoms with Gasteiger partial charge in [-0.2, -0.15) is 0 Å². The lowest BCUT2D eigenvalue weighted by atomic mass is 10.2. The minimum Gasteiger partial charge on any atom is -0.480 e. The van der Waals surface area contributed by atoms with Gasteiger partial charge < -0.3 is 10.4 Å². The number of carbonyl (C=O) groups excluding carboxylic acids is 1. The van der Waals surface area contributed by atoms with E-state index in [1.54, 1.807) is 0 Å². The zero-order valence-corrected chi connectivity index (χ0v) is 13.0. The van der Waals surface area contributed by atoms with Gasteiger partial charge in [0, 0.05) is 12.3 Å². The van der Waals surface area contributed by atoms with E-state index >= 15 is 0 Å². The van der Waals surface area contributed by atoms with Crippen molar-refractivity contribution in [3.8, 4) is 0 Å². The average Bonchev–Trinajstić information content (AvgIpc) is 2.55. The minimum atomic E-state index is -1.20.